The number of carbonyl (C=O) groups is 1. The van der Waals surface area contributed by atoms with Crippen molar-refractivity contribution in [2.75, 3.05) is 5.75 Å². The number of Topliss-reactive ketones (excluding diaryl/α,β-unsaturated/α-hetero) is 1. The van der Waals surface area contributed by atoms with Crippen LogP contribution in [-0.4, -0.2) is 30.6 Å². The van der Waals surface area contributed by atoms with Gasteiger partial charge in [-0.05, 0) is 13.3 Å². The molecule has 0 unspecified atom stereocenters. The lowest BCUT2D eigenvalue weighted by atomic mass is 10.1. The Balaban J connectivity index is 1.64. The van der Waals surface area contributed by atoms with Gasteiger partial charge in [-0.25, -0.2) is 9.78 Å². The van der Waals surface area contributed by atoms with Crippen molar-refractivity contribution in [1.82, 2.24) is 19.1 Å². The lowest BCUT2D eigenvalue weighted by Crippen LogP contribution is -2.27. The molecule has 0 saturated carbocycles. The van der Waals surface area contributed by atoms with E-state index in [0.29, 0.717) is 27.4 Å². The molecule has 0 aliphatic heterocycles. The van der Waals surface area contributed by atoms with Crippen LogP contribution in [-0.2, 0) is 14.1 Å². The number of fused-ring (bicyclic) bond motifs is 1. The minimum Gasteiger partial charge on any atom is -0.329 e. The molecule has 0 spiro atoms. The van der Waals surface area contributed by atoms with Crippen molar-refractivity contribution in [1.29, 1.82) is 0 Å². The summed E-state index contributed by atoms with van der Waals surface area (Å²) in [5, 5.41) is 0.704. The zero-order valence-electron chi connectivity index (χ0n) is 14.9. The van der Waals surface area contributed by atoms with Crippen molar-refractivity contribution in [2.24, 2.45) is 14.1 Å². The summed E-state index contributed by atoms with van der Waals surface area (Å²) >= 11 is 6.84. The van der Waals surface area contributed by atoms with Crippen molar-refractivity contribution in [3.8, 4) is 0 Å². The highest BCUT2D eigenvalue weighted by Crippen LogP contribution is 2.20. The highest BCUT2D eigenvalue weighted by Gasteiger charge is 2.12. The number of benzene rings is 1. The predicted molar refractivity (Wildman–Crippen MR) is 107 cm³/mol. The van der Waals surface area contributed by atoms with Gasteiger partial charge in [-0.1, -0.05) is 53.8 Å². The van der Waals surface area contributed by atoms with Gasteiger partial charge in [-0.15, -0.1) is 0 Å². The molecule has 0 saturated heterocycles. The second-order valence-electron chi connectivity index (χ2n) is 6.19. The largest absolute Gasteiger partial charge is 0.330 e. The molecule has 1 N–H and O–H groups in total. The quantitative estimate of drug-likeness (QED) is 0.303. The molecule has 0 fully saturated rings. The van der Waals surface area contributed by atoms with Crippen molar-refractivity contribution < 1.29 is 4.79 Å². The molecule has 0 aliphatic carbocycles. The van der Waals surface area contributed by atoms with Crippen molar-refractivity contribution >= 4 is 40.9 Å². The fraction of sp³-hybridized carbons (Fsp3) is 0.333. The van der Waals surface area contributed by atoms with Crippen LogP contribution >= 0.6 is 24.0 Å². The first-order valence-corrected chi connectivity index (χ1v) is 9.66. The highest BCUT2D eigenvalue weighted by molar-refractivity contribution is 7.99. The summed E-state index contributed by atoms with van der Waals surface area (Å²) in [5.41, 5.74) is 2.93. The minimum atomic E-state index is -0.200. The second-order valence-corrected chi connectivity index (χ2v) is 7.66. The van der Waals surface area contributed by atoms with Crippen LogP contribution in [0.4, 0.5) is 0 Å². The van der Waals surface area contributed by atoms with Gasteiger partial charge in [-0.3, -0.25) is 13.9 Å². The summed E-state index contributed by atoms with van der Waals surface area (Å²) in [6, 6.07) is 7.64. The van der Waals surface area contributed by atoms with E-state index in [2.05, 4.69) is 9.97 Å². The summed E-state index contributed by atoms with van der Waals surface area (Å²) in [6.07, 6.45) is 1.25. The SMILES string of the molecule is Cc1ccc(C(=O)CCCSc2nc3c([nH]2)c(=S)n(C)c(=O)n3C)cc1. The topological polar surface area (TPSA) is 72.7 Å². The number of imidazole rings is 1. The minimum absolute atomic E-state index is 0.150. The van der Waals surface area contributed by atoms with Crippen LogP contribution in [0.15, 0.2) is 34.2 Å². The molecule has 0 radical (unpaired) electrons. The predicted octanol–water partition coefficient (Wildman–Crippen LogP) is 3.39. The number of rotatable bonds is 6. The van der Waals surface area contributed by atoms with Crippen LogP contribution in [0, 0.1) is 11.6 Å². The number of aromatic amines is 1. The van der Waals surface area contributed by atoms with Gasteiger partial charge in [0.05, 0.1) is 0 Å². The third kappa shape index (κ3) is 3.66. The molecule has 0 aliphatic rings. The Labute approximate surface area is 160 Å². The van der Waals surface area contributed by atoms with Gasteiger partial charge < -0.3 is 4.98 Å². The van der Waals surface area contributed by atoms with Gasteiger partial charge in [0.1, 0.15) is 10.2 Å². The van der Waals surface area contributed by atoms with Gasteiger partial charge in [0.25, 0.3) is 0 Å². The molecule has 8 heteroatoms. The number of thioether (sulfide) groups is 1. The van der Waals surface area contributed by atoms with Gasteiger partial charge in [-0.2, -0.15) is 0 Å². The van der Waals surface area contributed by atoms with E-state index in [-0.39, 0.29) is 11.5 Å². The number of nitrogens with one attached hydrogen (secondary N) is 1. The Bertz CT molecular complexity index is 1080. The molecule has 3 aromatic rings. The fourth-order valence-electron chi connectivity index (χ4n) is 2.66. The van der Waals surface area contributed by atoms with Crippen molar-refractivity contribution in [3.63, 3.8) is 0 Å². The van der Waals surface area contributed by atoms with Gasteiger partial charge in [0, 0.05) is 31.8 Å². The van der Waals surface area contributed by atoms with Crippen LogP contribution in [0.3, 0.4) is 0 Å². The summed E-state index contributed by atoms with van der Waals surface area (Å²) in [4.78, 5) is 31.9. The van der Waals surface area contributed by atoms with E-state index in [9.17, 15) is 9.59 Å². The number of aromatic nitrogens is 4. The van der Waals surface area contributed by atoms with E-state index in [1.807, 2.05) is 31.2 Å². The molecular weight excluding hydrogens is 368 g/mol. The standard InChI is InChI=1S/C18H20N4O2S2/c1-11-6-8-12(9-7-11)13(23)5-4-10-26-17-19-14-15(20-17)21(2)18(24)22(3)16(14)25/h6-9H,4-5,10H2,1-3H3,(H,19,20). The van der Waals surface area contributed by atoms with Gasteiger partial charge >= 0.3 is 5.69 Å². The first-order chi connectivity index (χ1) is 12.4. The second kappa shape index (κ2) is 7.59. The van der Waals surface area contributed by atoms with Gasteiger partial charge in [0.15, 0.2) is 16.6 Å². The Morgan fingerprint density at radius 2 is 1.92 bits per heavy atom. The lowest BCUT2D eigenvalue weighted by molar-refractivity contribution is 0.0982. The number of H-pyrrole nitrogens is 1. The summed E-state index contributed by atoms with van der Waals surface area (Å²) in [6.45, 7) is 2.00. The normalized spacial score (nSPS) is 11.2. The third-order valence-electron chi connectivity index (χ3n) is 4.23. The van der Waals surface area contributed by atoms with Crippen molar-refractivity contribution in [2.45, 2.75) is 24.9 Å². The van der Waals surface area contributed by atoms with E-state index in [0.717, 1.165) is 23.3 Å². The Morgan fingerprint density at radius 1 is 1.23 bits per heavy atom. The Kier molecular flexibility index (Phi) is 5.43. The van der Waals surface area contributed by atoms with E-state index in [4.69, 9.17) is 12.2 Å². The first kappa shape index (κ1) is 18.6. The molecule has 0 amide bonds. The number of hydrogen-bond donors (Lipinski definition) is 1. The molecule has 0 bridgehead atoms. The molecule has 2 aromatic heterocycles. The number of carbonyl (C=O) groups excluding carboxylic acids is 1. The molecule has 3 rings (SSSR count). The molecule has 0 atom stereocenters. The maximum atomic E-state index is 12.2. The zero-order chi connectivity index (χ0) is 18.8. The van der Waals surface area contributed by atoms with Crippen LogP contribution < -0.4 is 5.69 Å². The summed E-state index contributed by atoms with van der Waals surface area (Å²) in [5.74, 6) is 0.905. The average molecular weight is 389 g/mol. The average Bonchev–Trinajstić information content (AvgIpc) is 3.06. The van der Waals surface area contributed by atoms with E-state index < -0.39 is 0 Å². The molecule has 6 nitrogen and oxygen atoms in total. The number of aryl methyl sites for hydroxylation is 2. The summed E-state index contributed by atoms with van der Waals surface area (Å²) < 4.78 is 3.34. The highest BCUT2D eigenvalue weighted by atomic mass is 32.2. The summed E-state index contributed by atoms with van der Waals surface area (Å²) in [7, 11) is 3.32. The monoisotopic (exact) mass is 388 g/mol. The third-order valence-corrected chi connectivity index (χ3v) is 5.67. The maximum Gasteiger partial charge on any atom is 0.330 e. The van der Waals surface area contributed by atoms with Crippen LogP contribution in [0.5, 0.6) is 0 Å². The number of nitrogens with zero attached hydrogens (tertiary/aromatic N) is 3. The molecule has 2 heterocycles. The first-order valence-electron chi connectivity index (χ1n) is 8.27. The zero-order valence-corrected chi connectivity index (χ0v) is 16.5. The Morgan fingerprint density at radius 3 is 2.62 bits per heavy atom. The Hall–Kier alpha value is -2.19. The van der Waals surface area contributed by atoms with Crippen molar-refractivity contribution in [3.05, 3.63) is 50.5 Å². The maximum absolute atomic E-state index is 12.2. The van der Waals surface area contributed by atoms with Crippen LogP contribution in [0.1, 0.15) is 28.8 Å². The number of hydrogen-bond acceptors (Lipinski definition) is 5. The van der Waals surface area contributed by atoms with E-state index in [1.54, 1.807) is 14.1 Å². The number of ketones is 1. The van der Waals surface area contributed by atoms with E-state index in [1.165, 1.54) is 20.9 Å². The molecular formula is C18H20N4O2S2. The lowest BCUT2D eigenvalue weighted by Gasteiger charge is -2.02. The molecule has 136 valence electrons. The molecule has 1 aromatic carbocycles. The molecule has 26 heavy (non-hydrogen) atoms. The van der Waals surface area contributed by atoms with Crippen LogP contribution in [0.2, 0.25) is 0 Å². The smallest absolute Gasteiger partial charge is 0.329 e. The fourth-order valence-corrected chi connectivity index (χ4v) is 3.69. The van der Waals surface area contributed by atoms with E-state index >= 15 is 0 Å². The van der Waals surface area contributed by atoms with Crippen LogP contribution in [0.25, 0.3) is 11.2 Å². The van der Waals surface area contributed by atoms with Gasteiger partial charge in [0.2, 0.25) is 0 Å².